The molecular formula is C10H14ClN3O. The number of nitrogens with one attached hydrogen (secondary N) is 2. The molecule has 1 fully saturated rings. The third-order valence-corrected chi connectivity index (χ3v) is 3.43. The van der Waals surface area contributed by atoms with Gasteiger partial charge in [0.05, 0.1) is 11.8 Å². The van der Waals surface area contributed by atoms with Crippen LogP contribution in [0.1, 0.15) is 29.6 Å². The Bertz CT molecular complexity index is 325. The fourth-order valence-electron chi connectivity index (χ4n) is 1.92. The molecular weight excluding hydrogens is 214 g/mol. The van der Waals surface area contributed by atoms with Crippen LogP contribution in [0.3, 0.4) is 0 Å². The number of hydrogen-bond acceptors (Lipinski definition) is 2. The Labute approximate surface area is 93.4 Å². The summed E-state index contributed by atoms with van der Waals surface area (Å²) in [6.45, 7) is 0.665. The number of amides is 1. The van der Waals surface area contributed by atoms with Gasteiger partial charge in [-0.1, -0.05) is 6.42 Å². The van der Waals surface area contributed by atoms with E-state index >= 15 is 0 Å². The number of aromatic amines is 1. The first-order valence-electron chi connectivity index (χ1n) is 5.18. The minimum atomic E-state index is -0.0838. The second kappa shape index (κ2) is 4.66. The molecule has 1 aliphatic carbocycles. The Kier molecular flexibility index (Phi) is 3.26. The first-order valence-corrected chi connectivity index (χ1v) is 5.62. The van der Waals surface area contributed by atoms with Crippen molar-refractivity contribution < 1.29 is 4.79 Å². The number of H-pyrrole nitrogens is 1. The maximum Gasteiger partial charge on any atom is 0.254 e. The number of aromatic nitrogens is 2. The lowest BCUT2D eigenvalue weighted by Crippen LogP contribution is -2.30. The molecule has 1 aromatic rings. The lowest BCUT2D eigenvalue weighted by Gasteiger charge is -2.13. The van der Waals surface area contributed by atoms with Gasteiger partial charge in [0.25, 0.3) is 5.91 Å². The lowest BCUT2D eigenvalue weighted by molar-refractivity contribution is 0.0947. The SMILES string of the molecule is O=C(NCC1CCCC1Cl)c1cn[nH]c1. The van der Waals surface area contributed by atoms with Crippen LogP contribution in [0.15, 0.2) is 12.4 Å². The van der Waals surface area contributed by atoms with Gasteiger partial charge in [0.2, 0.25) is 0 Å². The summed E-state index contributed by atoms with van der Waals surface area (Å²) >= 11 is 6.12. The van der Waals surface area contributed by atoms with Crippen LogP contribution in [-0.2, 0) is 0 Å². The zero-order valence-electron chi connectivity index (χ0n) is 8.37. The first-order chi connectivity index (χ1) is 7.27. The number of hydrogen-bond donors (Lipinski definition) is 2. The molecule has 5 heteroatoms. The molecule has 2 N–H and O–H groups in total. The number of nitrogens with zero attached hydrogens (tertiary/aromatic N) is 1. The minimum Gasteiger partial charge on any atom is -0.352 e. The molecule has 4 nitrogen and oxygen atoms in total. The van der Waals surface area contributed by atoms with Crippen LogP contribution in [0.4, 0.5) is 0 Å². The average molecular weight is 228 g/mol. The molecule has 1 saturated carbocycles. The number of rotatable bonds is 3. The van der Waals surface area contributed by atoms with E-state index in [0.29, 0.717) is 18.0 Å². The fraction of sp³-hybridized carbons (Fsp3) is 0.600. The summed E-state index contributed by atoms with van der Waals surface area (Å²) in [6.07, 6.45) is 6.44. The molecule has 2 rings (SSSR count). The van der Waals surface area contributed by atoms with Gasteiger partial charge in [0.1, 0.15) is 0 Å². The van der Waals surface area contributed by atoms with E-state index in [-0.39, 0.29) is 11.3 Å². The van der Waals surface area contributed by atoms with Crippen molar-refractivity contribution in [3.8, 4) is 0 Å². The second-order valence-electron chi connectivity index (χ2n) is 3.90. The van der Waals surface area contributed by atoms with Crippen molar-refractivity contribution in [2.75, 3.05) is 6.54 Å². The molecule has 1 amide bonds. The van der Waals surface area contributed by atoms with Gasteiger partial charge in [0.15, 0.2) is 0 Å². The zero-order chi connectivity index (χ0) is 10.7. The molecule has 0 aliphatic heterocycles. The van der Waals surface area contributed by atoms with Crippen LogP contribution < -0.4 is 5.32 Å². The van der Waals surface area contributed by atoms with E-state index in [1.54, 1.807) is 6.20 Å². The van der Waals surface area contributed by atoms with Crippen LogP contribution in [0.25, 0.3) is 0 Å². The maximum atomic E-state index is 11.6. The van der Waals surface area contributed by atoms with E-state index < -0.39 is 0 Å². The van der Waals surface area contributed by atoms with Gasteiger partial charge in [-0.05, 0) is 18.8 Å². The van der Waals surface area contributed by atoms with Crippen LogP contribution >= 0.6 is 11.6 Å². The number of carbonyl (C=O) groups is 1. The van der Waals surface area contributed by atoms with Gasteiger partial charge in [0, 0.05) is 18.1 Å². The van der Waals surface area contributed by atoms with Crippen molar-refractivity contribution >= 4 is 17.5 Å². The lowest BCUT2D eigenvalue weighted by atomic mass is 10.1. The second-order valence-corrected chi connectivity index (χ2v) is 4.46. The minimum absolute atomic E-state index is 0.0838. The summed E-state index contributed by atoms with van der Waals surface area (Å²) in [4.78, 5) is 11.6. The van der Waals surface area contributed by atoms with Crippen LogP contribution in [-0.4, -0.2) is 28.0 Å². The van der Waals surface area contributed by atoms with Crippen LogP contribution in [0, 0.1) is 5.92 Å². The van der Waals surface area contributed by atoms with Gasteiger partial charge >= 0.3 is 0 Å². The fourth-order valence-corrected chi connectivity index (χ4v) is 2.29. The third-order valence-electron chi connectivity index (χ3n) is 2.85. The first kappa shape index (κ1) is 10.5. The Hall–Kier alpha value is -1.03. The van der Waals surface area contributed by atoms with Crippen molar-refractivity contribution in [2.45, 2.75) is 24.6 Å². The van der Waals surface area contributed by atoms with E-state index in [2.05, 4.69) is 15.5 Å². The number of halogens is 1. The van der Waals surface area contributed by atoms with E-state index in [1.807, 2.05) is 0 Å². The highest BCUT2D eigenvalue weighted by molar-refractivity contribution is 6.21. The Morgan fingerprint density at radius 2 is 2.53 bits per heavy atom. The summed E-state index contributed by atoms with van der Waals surface area (Å²) in [6, 6.07) is 0. The molecule has 0 aromatic carbocycles. The molecule has 0 saturated heterocycles. The predicted molar refractivity (Wildman–Crippen MR) is 57.9 cm³/mol. The Balaban J connectivity index is 1.81. The van der Waals surface area contributed by atoms with E-state index in [9.17, 15) is 4.79 Å². The van der Waals surface area contributed by atoms with Gasteiger partial charge in [-0.15, -0.1) is 11.6 Å². The van der Waals surface area contributed by atoms with Crippen molar-refractivity contribution in [3.05, 3.63) is 18.0 Å². The molecule has 15 heavy (non-hydrogen) atoms. The number of alkyl halides is 1. The molecule has 0 bridgehead atoms. The maximum absolute atomic E-state index is 11.6. The summed E-state index contributed by atoms with van der Waals surface area (Å²) in [5.41, 5.74) is 0.569. The van der Waals surface area contributed by atoms with Gasteiger partial charge in [-0.3, -0.25) is 9.89 Å². The average Bonchev–Trinajstić information content (AvgIpc) is 2.85. The molecule has 0 spiro atoms. The van der Waals surface area contributed by atoms with Gasteiger partial charge < -0.3 is 5.32 Å². The molecule has 1 aliphatic rings. The van der Waals surface area contributed by atoms with E-state index in [1.165, 1.54) is 12.6 Å². The molecule has 82 valence electrons. The molecule has 1 heterocycles. The largest absolute Gasteiger partial charge is 0.352 e. The standard InChI is InChI=1S/C10H14ClN3O/c11-9-3-1-2-7(9)4-12-10(15)8-5-13-14-6-8/h5-7,9H,1-4H2,(H,12,15)(H,13,14). The highest BCUT2D eigenvalue weighted by atomic mass is 35.5. The van der Waals surface area contributed by atoms with Crippen LogP contribution in [0.2, 0.25) is 0 Å². The Morgan fingerprint density at radius 3 is 3.13 bits per heavy atom. The molecule has 2 unspecified atom stereocenters. The predicted octanol–water partition coefficient (Wildman–Crippen LogP) is 1.55. The van der Waals surface area contributed by atoms with Crippen molar-refractivity contribution in [1.82, 2.24) is 15.5 Å². The Morgan fingerprint density at radius 1 is 1.67 bits per heavy atom. The summed E-state index contributed by atoms with van der Waals surface area (Å²) in [7, 11) is 0. The smallest absolute Gasteiger partial charge is 0.254 e. The zero-order valence-corrected chi connectivity index (χ0v) is 9.13. The molecule has 2 atom stereocenters. The van der Waals surface area contributed by atoms with E-state index in [4.69, 9.17) is 11.6 Å². The number of carbonyl (C=O) groups excluding carboxylic acids is 1. The van der Waals surface area contributed by atoms with Crippen molar-refractivity contribution in [1.29, 1.82) is 0 Å². The third kappa shape index (κ3) is 2.50. The topological polar surface area (TPSA) is 57.8 Å². The van der Waals surface area contributed by atoms with Crippen molar-refractivity contribution in [3.63, 3.8) is 0 Å². The molecule has 0 radical (unpaired) electrons. The highest BCUT2D eigenvalue weighted by Gasteiger charge is 2.25. The normalized spacial score (nSPS) is 25.4. The monoisotopic (exact) mass is 227 g/mol. The van der Waals surface area contributed by atoms with E-state index in [0.717, 1.165) is 12.8 Å². The summed E-state index contributed by atoms with van der Waals surface area (Å²) in [5.74, 6) is 0.335. The summed E-state index contributed by atoms with van der Waals surface area (Å²) in [5, 5.41) is 9.43. The van der Waals surface area contributed by atoms with Gasteiger partial charge in [-0.2, -0.15) is 5.10 Å². The highest BCUT2D eigenvalue weighted by Crippen LogP contribution is 2.29. The van der Waals surface area contributed by atoms with Gasteiger partial charge in [-0.25, -0.2) is 0 Å². The van der Waals surface area contributed by atoms with Crippen molar-refractivity contribution in [2.24, 2.45) is 5.92 Å². The molecule has 1 aromatic heterocycles. The summed E-state index contributed by atoms with van der Waals surface area (Å²) < 4.78 is 0. The van der Waals surface area contributed by atoms with Crippen LogP contribution in [0.5, 0.6) is 0 Å². The quantitative estimate of drug-likeness (QED) is 0.770.